The summed E-state index contributed by atoms with van der Waals surface area (Å²) in [6, 6.07) is 8.47. The molecule has 1 aromatic rings. The van der Waals surface area contributed by atoms with Crippen LogP contribution in [0.25, 0.3) is 0 Å². The van der Waals surface area contributed by atoms with Gasteiger partial charge in [0.25, 0.3) is 0 Å². The fourth-order valence-electron chi connectivity index (χ4n) is 5.49. The lowest BCUT2D eigenvalue weighted by Gasteiger charge is -2.38. The van der Waals surface area contributed by atoms with Crippen molar-refractivity contribution in [1.82, 2.24) is 4.90 Å². The minimum Gasteiger partial charge on any atom is -0.550 e. The third-order valence-electron chi connectivity index (χ3n) is 6.96. The second-order valence-corrected chi connectivity index (χ2v) is 8.38. The van der Waals surface area contributed by atoms with Gasteiger partial charge < -0.3 is 19.7 Å². The Morgan fingerprint density at radius 2 is 1.77 bits per heavy atom. The molecule has 3 aliphatic rings. The number of aliphatic carboxylic acids is 1. The van der Waals surface area contributed by atoms with Gasteiger partial charge in [-0.25, -0.2) is 0 Å². The number of aryl methyl sites for hydroxylation is 1. The Labute approximate surface area is 155 Å². The number of fused-ring (bicyclic) bond motifs is 2. The predicted molar refractivity (Wildman–Crippen MR) is 95.0 cm³/mol. The highest BCUT2D eigenvalue weighted by Crippen LogP contribution is 2.52. The fourth-order valence-corrected chi connectivity index (χ4v) is 5.49. The highest BCUT2D eigenvalue weighted by molar-refractivity contribution is 5.85. The molecule has 1 aromatic carbocycles. The molecule has 5 heteroatoms. The molecule has 2 aliphatic carbocycles. The molecule has 5 nitrogen and oxygen atoms in total. The molecule has 1 heterocycles. The first-order valence-electron chi connectivity index (χ1n) is 9.92. The van der Waals surface area contributed by atoms with Crippen LogP contribution in [-0.4, -0.2) is 43.0 Å². The van der Waals surface area contributed by atoms with E-state index in [-0.39, 0.29) is 23.7 Å². The Kier molecular flexibility index (Phi) is 4.74. The normalized spacial score (nSPS) is 31.3. The molecule has 3 fully saturated rings. The molecular weight excluding hydrogens is 328 g/mol. The smallest absolute Gasteiger partial charge is 0.227 e. The molecule has 0 radical (unpaired) electrons. The van der Waals surface area contributed by atoms with Gasteiger partial charge in [0.2, 0.25) is 5.91 Å². The molecule has 0 spiro atoms. The number of carbonyl (C=O) groups is 2. The molecule has 1 aliphatic heterocycles. The Hall–Kier alpha value is -1.88. The summed E-state index contributed by atoms with van der Waals surface area (Å²) in [5, 5.41) is 11.6. The number of carboxylic acids is 1. The zero-order valence-electron chi connectivity index (χ0n) is 15.4. The van der Waals surface area contributed by atoms with Crippen molar-refractivity contribution in [3.05, 3.63) is 35.4 Å². The van der Waals surface area contributed by atoms with Gasteiger partial charge in [-0.2, -0.15) is 0 Å². The molecule has 1 N–H and O–H groups in total. The molecule has 0 unspecified atom stereocenters. The van der Waals surface area contributed by atoms with E-state index >= 15 is 0 Å². The minimum absolute atomic E-state index is 0.0707. The van der Waals surface area contributed by atoms with Crippen molar-refractivity contribution < 1.29 is 19.6 Å². The topological polar surface area (TPSA) is 64.9 Å². The largest absolute Gasteiger partial charge is 0.550 e. The quantitative estimate of drug-likeness (QED) is 0.801. The van der Waals surface area contributed by atoms with Crippen molar-refractivity contribution in [1.29, 1.82) is 0 Å². The van der Waals surface area contributed by atoms with E-state index in [0.29, 0.717) is 0 Å². The molecule has 1 amide bonds. The zero-order chi connectivity index (χ0) is 18.3. The van der Waals surface area contributed by atoms with Gasteiger partial charge in [0.05, 0.1) is 26.2 Å². The van der Waals surface area contributed by atoms with E-state index in [0.717, 1.165) is 52.0 Å². The predicted octanol–water partition coefficient (Wildman–Crippen LogP) is -0.366. The molecule has 0 aromatic heterocycles. The van der Waals surface area contributed by atoms with E-state index in [4.69, 9.17) is 0 Å². The van der Waals surface area contributed by atoms with Crippen LogP contribution in [0.3, 0.4) is 0 Å². The number of rotatable bonds is 4. The van der Waals surface area contributed by atoms with Crippen LogP contribution in [0.5, 0.6) is 0 Å². The maximum Gasteiger partial charge on any atom is 0.227 e. The molecule has 2 bridgehead atoms. The van der Waals surface area contributed by atoms with Gasteiger partial charge in [0, 0.05) is 23.4 Å². The van der Waals surface area contributed by atoms with Gasteiger partial charge in [-0.15, -0.1) is 0 Å². The van der Waals surface area contributed by atoms with E-state index in [2.05, 4.69) is 31.2 Å². The zero-order valence-corrected chi connectivity index (χ0v) is 15.4. The maximum atomic E-state index is 13.0. The van der Waals surface area contributed by atoms with Crippen molar-refractivity contribution in [3.63, 3.8) is 0 Å². The van der Waals surface area contributed by atoms with Crippen LogP contribution in [0.2, 0.25) is 0 Å². The highest BCUT2D eigenvalue weighted by atomic mass is 16.4. The second-order valence-electron chi connectivity index (χ2n) is 8.38. The Morgan fingerprint density at radius 1 is 1.12 bits per heavy atom. The minimum atomic E-state index is -1.01. The summed E-state index contributed by atoms with van der Waals surface area (Å²) >= 11 is 0. The standard InChI is InChI=1S/C21H28N2O3/c1-14-4-2-3-5-17(14)13-22-8-10-23(11-9-22)20(24)18-15-6-7-16(12-15)19(18)21(25)26/h2-5,15-16,18-19H,6-13H2,1H3,(H,25,26)/t15-,16+,18+,19+/m1/s1. The Bertz CT molecular complexity index is 696. The average Bonchev–Trinajstić information content (AvgIpc) is 3.25. The fraction of sp³-hybridized carbons (Fsp3) is 0.619. The first kappa shape index (κ1) is 17.5. The van der Waals surface area contributed by atoms with Crippen LogP contribution in [0.15, 0.2) is 24.3 Å². The average molecular weight is 356 g/mol. The molecule has 1 saturated heterocycles. The van der Waals surface area contributed by atoms with Gasteiger partial charge in [0.15, 0.2) is 0 Å². The molecule has 2 saturated carbocycles. The van der Waals surface area contributed by atoms with Crippen molar-refractivity contribution in [2.75, 3.05) is 26.2 Å². The number of hydrogen-bond donors (Lipinski definition) is 1. The number of carbonyl (C=O) groups excluding carboxylic acids is 2. The molecule has 26 heavy (non-hydrogen) atoms. The van der Waals surface area contributed by atoms with Crippen molar-refractivity contribution in [2.45, 2.75) is 32.7 Å². The second kappa shape index (κ2) is 7.03. The summed E-state index contributed by atoms with van der Waals surface area (Å²) in [4.78, 5) is 28.1. The summed E-state index contributed by atoms with van der Waals surface area (Å²) in [7, 11) is 0. The number of benzene rings is 1. The van der Waals surface area contributed by atoms with E-state index in [1.165, 1.54) is 16.0 Å². The Morgan fingerprint density at radius 3 is 2.42 bits per heavy atom. The lowest BCUT2D eigenvalue weighted by atomic mass is 9.78. The van der Waals surface area contributed by atoms with Crippen LogP contribution in [0.4, 0.5) is 0 Å². The number of quaternary nitrogens is 1. The first-order valence-corrected chi connectivity index (χ1v) is 9.92. The van der Waals surface area contributed by atoms with Crippen molar-refractivity contribution >= 4 is 11.9 Å². The van der Waals surface area contributed by atoms with Crippen LogP contribution in [0, 0.1) is 30.6 Å². The highest BCUT2D eigenvalue weighted by Gasteiger charge is 2.52. The van der Waals surface area contributed by atoms with Gasteiger partial charge in [-0.1, -0.05) is 24.3 Å². The SMILES string of the molecule is Cc1ccccc1C[NH+]1CCN(C(=O)[C@H]2[C@@H]3CC[C@@H](C3)[C@@H]2C(=O)[O-])CC1. The summed E-state index contributed by atoms with van der Waals surface area (Å²) in [6.07, 6.45) is 2.85. The van der Waals surface area contributed by atoms with Gasteiger partial charge in [-0.05, 0) is 43.6 Å². The number of carboxylic acid groups (broad SMARTS) is 1. The summed E-state index contributed by atoms with van der Waals surface area (Å²) in [6.45, 7) is 6.45. The molecule has 4 rings (SSSR count). The van der Waals surface area contributed by atoms with Gasteiger partial charge >= 0.3 is 0 Å². The molecule has 140 valence electrons. The van der Waals surface area contributed by atoms with Crippen molar-refractivity contribution in [3.8, 4) is 0 Å². The van der Waals surface area contributed by atoms with Crippen LogP contribution in [-0.2, 0) is 16.1 Å². The number of nitrogens with zero attached hydrogens (tertiary/aromatic N) is 1. The van der Waals surface area contributed by atoms with Crippen LogP contribution < -0.4 is 10.0 Å². The number of piperazine rings is 1. The van der Waals surface area contributed by atoms with Gasteiger partial charge in [0.1, 0.15) is 6.54 Å². The number of amides is 1. The number of hydrogen-bond acceptors (Lipinski definition) is 3. The van der Waals surface area contributed by atoms with Gasteiger partial charge in [-0.3, -0.25) is 4.79 Å². The summed E-state index contributed by atoms with van der Waals surface area (Å²) in [5.74, 6) is -1.42. The summed E-state index contributed by atoms with van der Waals surface area (Å²) in [5.41, 5.74) is 2.68. The van der Waals surface area contributed by atoms with E-state index < -0.39 is 11.9 Å². The third kappa shape index (κ3) is 3.13. The monoisotopic (exact) mass is 356 g/mol. The lowest BCUT2D eigenvalue weighted by molar-refractivity contribution is -0.917. The number of nitrogens with one attached hydrogen (secondary N) is 1. The van der Waals surface area contributed by atoms with E-state index in [1.54, 1.807) is 0 Å². The van der Waals surface area contributed by atoms with E-state index in [9.17, 15) is 14.7 Å². The van der Waals surface area contributed by atoms with Crippen LogP contribution in [0.1, 0.15) is 30.4 Å². The van der Waals surface area contributed by atoms with E-state index in [1.807, 2.05) is 4.90 Å². The summed E-state index contributed by atoms with van der Waals surface area (Å²) < 4.78 is 0. The molecular formula is C21H28N2O3. The lowest BCUT2D eigenvalue weighted by Crippen LogP contribution is -3.13. The van der Waals surface area contributed by atoms with Crippen molar-refractivity contribution in [2.24, 2.45) is 23.7 Å². The third-order valence-corrected chi connectivity index (χ3v) is 6.96. The van der Waals surface area contributed by atoms with Crippen LogP contribution >= 0.6 is 0 Å². The molecule has 4 atom stereocenters. The maximum absolute atomic E-state index is 13.0. The first-order chi connectivity index (χ1) is 12.5. The Balaban J connectivity index is 1.36.